The summed E-state index contributed by atoms with van der Waals surface area (Å²) in [5, 5.41) is 4.44. The van der Waals surface area contributed by atoms with Gasteiger partial charge in [-0.25, -0.2) is 0 Å². The first-order valence-electron chi connectivity index (χ1n) is 17.4. The SMILES string of the molecule is Cc1ccc(C(NC(=O)Cc2ccc3[nH]cc(CCC(=O)OC(C)(C)C)c3c2)c2ccccc2)c(N2CCN(Cc3ccccc3)CC2)c1. The van der Waals surface area contributed by atoms with E-state index in [1.165, 1.54) is 16.8 Å². The van der Waals surface area contributed by atoms with Crippen molar-refractivity contribution in [3.05, 3.63) is 137 Å². The molecule has 1 unspecified atom stereocenters. The molecule has 1 aromatic heterocycles. The molecule has 1 amide bonds. The Hall–Kier alpha value is -4.88. The van der Waals surface area contributed by atoms with Crippen molar-refractivity contribution < 1.29 is 14.3 Å². The summed E-state index contributed by atoms with van der Waals surface area (Å²) in [6.07, 6.45) is 3.06. The van der Waals surface area contributed by atoms with Crippen LogP contribution < -0.4 is 10.2 Å². The van der Waals surface area contributed by atoms with E-state index >= 15 is 0 Å². The molecule has 1 fully saturated rings. The van der Waals surface area contributed by atoms with E-state index in [9.17, 15) is 9.59 Å². The maximum Gasteiger partial charge on any atom is 0.306 e. The number of aromatic nitrogens is 1. The average Bonchev–Trinajstić information content (AvgIpc) is 3.49. The number of benzene rings is 4. The highest BCUT2D eigenvalue weighted by atomic mass is 16.6. The van der Waals surface area contributed by atoms with Gasteiger partial charge in [-0.3, -0.25) is 14.5 Å². The number of anilines is 1. The van der Waals surface area contributed by atoms with Gasteiger partial charge in [-0.15, -0.1) is 0 Å². The van der Waals surface area contributed by atoms with Crippen LogP contribution in [0.15, 0.2) is 103 Å². The van der Waals surface area contributed by atoms with Crippen molar-refractivity contribution in [3.8, 4) is 0 Å². The molecule has 49 heavy (non-hydrogen) atoms. The number of esters is 1. The maximum absolute atomic E-state index is 13.8. The van der Waals surface area contributed by atoms with Crippen LogP contribution in [0.3, 0.4) is 0 Å². The third kappa shape index (κ3) is 8.98. The summed E-state index contributed by atoms with van der Waals surface area (Å²) >= 11 is 0. The van der Waals surface area contributed by atoms with Crippen molar-refractivity contribution in [1.29, 1.82) is 0 Å². The molecule has 4 aromatic carbocycles. The van der Waals surface area contributed by atoms with Crippen LogP contribution in [0, 0.1) is 6.92 Å². The Morgan fingerprint density at radius 2 is 1.57 bits per heavy atom. The summed E-state index contributed by atoms with van der Waals surface area (Å²) in [6, 6.07) is 33.3. The predicted molar refractivity (Wildman–Crippen MR) is 198 cm³/mol. The van der Waals surface area contributed by atoms with Crippen molar-refractivity contribution in [3.63, 3.8) is 0 Å². The molecular formula is C42H48N4O3. The number of nitrogens with zero attached hydrogens (tertiary/aromatic N) is 2. The van der Waals surface area contributed by atoms with E-state index in [2.05, 4.69) is 93.8 Å². The second-order valence-electron chi connectivity index (χ2n) is 14.2. The van der Waals surface area contributed by atoms with E-state index in [0.29, 0.717) is 12.8 Å². The molecular weight excluding hydrogens is 608 g/mol. The number of carbonyl (C=O) groups excluding carboxylic acids is 2. The maximum atomic E-state index is 13.8. The molecule has 254 valence electrons. The predicted octanol–water partition coefficient (Wildman–Crippen LogP) is 7.52. The smallest absolute Gasteiger partial charge is 0.306 e. The zero-order valence-electron chi connectivity index (χ0n) is 29.2. The van der Waals surface area contributed by atoms with Crippen molar-refractivity contribution in [1.82, 2.24) is 15.2 Å². The third-order valence-electron chi connectivity index (χ3n) is 9.11. The third-order valence-corrected chi connectivity index (χ3v) is 9.11. The molecule has 0 radical (unpaired) electrons. The number of amides is 1. The number of ether oxygens (including phenoxy) is 1. The van der Waals surface area contributed by atoms with Crippen molar-refractivity contribution in [2.75, 3.05) is 31.1 Å². The van der Waals surface area contributed by atoms with Gasteiger partial charge < -0.3 is 19.9 Å². The van der Waals surface area contributed by atoms with Crippen LogP contribution in [0.1, 0.15) is 66.6 Å². The van der Waals surface area contributed by atoms with Crippen LogP contribution >= 0.6 is 0 Å². The van der Waals surface area contributed by atoms with Crippen molar-refractivity contribution in [2.24, 2.45) is 0 Å². The molecule has 7 heteroatoms. The van der Waals surface area contributed by atoms with E-state index < -0.39 is 5.60 Å². The van der Waals surface area contributed by atoms with Gasteiger partial charge in [0.25, 0.3) is 0 Å². The quantitative estimate of drug-likeness (QED) is 0.144. The Kier molecular flexibility index (Phi) is 10.5. The van der Waals surface area contributed by atoms with Gasteiger partial charge in [-0.1, -0.05) is 78.9 Å². The number of aromatic amines is 1. The Labute approximate surface area is 290 Å². The summed E-state index contributed by atoms with van der Waals surface area (Å²) < 4.78 is 5.51. The largest absolute Gasteiger partial charge is 0.460 e. The minimum Gasteiger partial charge on any atom is -0.460 e. The lowest BCUT2D eigenvalue weighted by Gasteiger charge is -2.38. The zero-order valence-corrected chi connectivity index (χ0v) is 29.2. The van der Waals surface area contributed by atoms with Gasteiger partial charge in [0.1, 0.15) is 5.60 Å². The van der Waals surface area contributed by atoms with Crippen LogP contribution in [0.5, 0.6) is 0 Å². The van der Waals surface area contributed by atoms with E-state index in [0.717, 1.165) is 65.9 Å². The minimum atomic E-state index is -0.508. The second-order valence-corrected chi connectivity index (χ2v) is 14.2. The standard InChI is InChI=1S/C42H48N4O3/c1-30-15-18-35(38(25-30)46-23-21-45(22-24-46)29-31-11-7-5-8-12-31)41(33-13-9-6-10-14-33)44-39(47)27-32-16-19-37-36(26-32)34(28-43-37)17-20-40(48)49-42(2,3)4/h5-16,18-19,25-26,28,41,43H,17,20-24,27,29H2,1-4H3,(H,44,47). The molecule has 7 nitrogen and oxygen atoms in total. The minimum absolute atomic E-state index is 0.0433. The zero-order chi connectivity index (χ0) is 34.4. The number of rotatable bonds is 11. The molecule has 1 aliphatic rings. The number of fused-ring (bicyclic) bond motifs is 1. The van der Waals surface area contributed by atoms with E-state index in [4.69, 9.17) is 4.74 Å². The Balaban J connectivity index is 1.18. The lowest BCUT2D eigenvalue weighted by molar-refractivity contribution is -0.154. The molecule has 5 aromatic rings. The van der Waals surface area contributed by atoms with Gasteiger partial charge in [0.2, 0.25) is 5.91 Å². The highest BCUT2D eigenvalue weighted by molar-refractivity contribution is 5.87. The fourth-order valence-electron chi connectivity index (χ4n) is 6.72. The van der Waals surface area contributed by atoms with Gasteiger partial charge in [0.05, 0.1) is 12.5 Å². The summed E-state index contributed by atoms with van der Waals surface area (Å²) in [7, 11) is 0. The Bertz CT molecular complexity index is 1870. The van der Waals surface area contributed by atoms with Gasteiger partial charge in [-0.05, 0) is 80.1 Å². The monoisotopic (exact) mass is 656 g/mol. The first-order chi connectivity index (χ1) is 23.6. The number of hydrogen-bond acceptors (Lipinski definition) is 5. The number of piperazine rings is 1. The van der Waals surface area contributed by atoms with Gasteiger partial charge >= 0.3 is 5.97 Å². The van der Waals surface area contributed by atoms with Gasteiger partial charge in [0, 0.05) is 67.5 Å². The van der Waals surface area contributed by atoms with Crippen LogP contribution in [0.4, 0.5) is 5.69 Å². The fraction of sp³-hybridized carbons (Fsp3) is 0.333. The number of nitrogens with one attached hydrogen (secondary N) is 2. The molecule has 0 spiro atoms. The first kappa shape index (κ1) is 34.0. The molecule has 0 bridgehead atoms. The van der Waals surface area contributed by atoms with Crippen molar-refractivity contribution in [2.45, 2.75) is 65.1 Å². The summed E-state index contributed by atoms with van der Waals surface area (Å²) in [6.45, 7) is 12.5. The summed E-state index contributed by atoms with van der Waals surface area (Å²) in [5.41, 5.74) is 8.31. The molecule has 2 N–H and O–H groups in total. The Morgan fingerprint density at radius 3 is 2.29 bits per heavy atom. The first-order valence-corrected chi connectivity index (χ1v) is 17.4. The van der Waals surface area contributed by atoms with Crippen molar-refractivity contribution >= 4 is 28.5 Å². The second kappa shape index (κ2) is 15.1. The highest BCUT2D eigenvalue weighted by Crippen LogP contribution is 2.33. The molecule has 0 saturated carbocycles. The molecule has 1 atom stereocenters. The number of hydrogen-bond donors (Lipinski definition) is 2. The van der Waals surface area contributed by atoms with Crippen LogP contribution in [0.25, 0.3) is 10.9 Å². The Morgan fingerprint density at radius 1 is 0.857 bits per heavy atom. The van der Waals surface area contributed by atoms with Gasteiger partial charge in [-0.2, -0.15) is 0 Å². The number of aryl methyl sites for hydroxylation is 2. The molecule has 0 aliphatic carbocycles. The van der Waals surface area contributed by atoms with E-state index in [-0.39, 0.29) is 24.3 Å². The fourth-order valence-corrected chi connectivity index (χ4v) is 6.72. The molecule has 1 aliphatic heterocycles. The van der Waals surface area contributed by atoms with E-state index in [1.54, 1.807) is 0 Å². The van der Waals surface area contributed by atoms with Crippen LogP contribution in [-0.2, 0) is 33.7 Å². The average molecular weight is 657 g/mol. The number of H-pyrrole nitrogens is 1. The lowest BCUT2D eigenvalue weighted by Crippen LogP contribution is -2.46. The topological polar surface area (TPSA) is 77.7 Å². The summed E-state index contributed by atoms with van der Waals surface area (Å²) in [5.74, 6) is -0.257. The van der Waals surface area contributed by atoms with Crippen LogP contribution in [0.2, 0.25) is 0 Å². The molecule has 2 heterocycles. The molecule has 1 saturated heterocycles. The molecule has 6 rings (SSSR count). The normalized spacial score (nSPS) is 14.5. The number of carbonyl (C=O) groups is 2. The summed E-state index contributed by atoms with van der Waals surface area (Å²) in [4.78, 5) is 34.5. The van der Waals surface area contributed by atoms with E-state index in [1.807, 2.05) is 57.3 Å². The lowest BCUT2D eigenvalue weighted by atomic mass is 9.94. The van der Waals surface area contributed by atoms with Gasteiger partial charge in [0.15, 0.2) is 0 Å². The van der Waals surface area contributed by atoms with Crippen LogP contribution in [-0.4, -0.2) is 53.5 Å². The highest BCUT2D eigenvalue weighted by Gasteiger charge is 2.25.